The molecule has 2 aromatic rings. The summed E-state index contributed by atoms with van der Waals surface area (Å²) in [4.78, 5) is 15.7. The number of imidazole rings is 1. The Morgan fingerprint density at radius 1 is 1.47 bits per heavy atom. The predicted octanol–water partition coefficient (Wildman–Crippen LogP) is 2.08. The van der Waals surface area contributed by atoms with E-state index in [0.29, 0.717) is 11.5 Å². The average Bonchev–Trinajstić information content (AvgIpc) is 2.59. The lowest BCUT2D eigenvalue weighted by atomic mass is 10.2. The van der Waals surface area contributed by atoms with E-state index in [1.807, 2.05) is 0 Å². The summed E-state index contributed by atoms with van der Waals surface area (Å²) in [5.41, 5.74) is 0.136. The molecule has 0 aliphatic rings. The Labute approximate surface area is 98.6 Å². The highest BCUT2D eigenvalue weighted by Crippen LogP contribution is 2.12. The Bertz CT molecular complexity index is 542. The van der Waals surface area contributed by atoms with Crippen LogP contribution < -0.4 is 5.32 Å². The van der Waals surface area contributed by atoms with Crippen LogP contribution in [-0.4, -0.2) is 26.3 Å². The number of ether oxygens (including phenoxy) is 1. The standard InChI is InChI=1S/C11H14N4O2/c1-11(2,3)17-10(16)14-9-7-12-8-5-4-6-13-15(8)9/h4-7H,1-3H3,(H,14,16). The molecule has 0 atom stereocenters. The van der Waals surface area contributed by atoms with Crippen molar-refractivity contribution in [2.24, 2.45) is 0 Å². The summed E-state index contributed by atoms with van der Waals surface area (Å²) < 4.78 is 6.67. The predicted molar refractivity (Wildman–Crippen MR) is 62.8 cm³/mol. The number of nitrogens with one attached hydrogen (secondary N) is 1. The Hall–Kier alpha value is -2.11. The molecule has 0 saturated carbocycles. The zero-order valence-electron chi connectivity index (χ0n) is 9.97. The molecule has 0 fully saturated rings. The van der Waals surface area contributed by atoms with Crippen LogP contribution in [0, 0.1) is 0 Å². The van der Waals surface area contributed by atoms with Crippen LogP contribution in [0.15, 0.2) is 24.5 Å². The van der Waals surface area contributed by atoms with Crippen LogP contribution in [0.1, 0.15) is 20.8 Å². The summed E-state index contributed by atoms with van der Waals surface area (Å²) in [6, 6.07) is 3.58. The van der Waals surface area contributed by atoms with Gasteiger partial charge < -0.3 is 4.74 Å². The molecule has 1 N–H and O–H groups in total. The lowest BCUT2D eigenvalue weighted by molar-refractivity contribution is 0.0635. The molecule has 0 radical (unpaired) electrons. The molecule has 0 aliphatic heterocycles. The number of hydrogen-bond acceptors (Lipinski definition) is 4. The first-order valence-electron chi connectivity index (χ1n) is 5.24. The van der Waals surface area contributed by atoms with E-state index in [-0.39, 0.29) is 0 Å². The molecular weight excluding hydrogens is 220 g/mol. The molecule has 0 saturated heterocycles. The number of anilines is 1. The SMILES string of the molecule is CC(C)(C)OC(=O)Nc1cnc2cccnn12. The van der Waals surface area contributed by atoms with Gasteiger partial charge in [-0.15, -0.1) is 0 Å². The maximum absolute atomic E-state index is 11.6. The number of carbonyl (C=O) groups is 1. The van der Waals surface area contributed by atoms with Crippen molar-refractivity contribution < 1.29 is 9.53 Å². The minimum Gasteiger partial charge on any atom is -0.444 e. The van der Waals surface area contributed by atoms with Gasteiger partial charge in [-0.2, -0.15) is 9.61 Å². The third kappa shape index (κ3) is 2.72. The number of aromatic nitrogens is 3. The molecule has 1 amide bonds. The van der Waals surface area contributed by atoms with E-state index in [1.165, 1.54) is 10.7 Å². The van der Waals surface area contributed by atoms with Crippen LogP contribution in [0.3, 0.4) is 0 Å². The summed E-state index contributed by atoms with van der Waals surface area (Å²) in [7, 11) is 0. The number of fused-ring (bicyclic) bond motifs is 1. The first-order valence-corrected chi connectivity index (χ1v) is 5.24. The topological polar surface area (TPSA) is 68.5 Å². The van der Waals surface area contributed by atoms with Gasteiger partial charge in [0, 0.05) is 6.20 Å². The van der Waals surface area contributed by atoms with Crippen LogP contribution >= 0.6 is 0 Å². The second-order valence-electron chi connectivity index (χ2n) is 4.56. The average molecular weight is 234 g/mol. The smallest absolute Gasteiger partial charge is 0.413 e. The molecule has 90 valence electrons. The first-order chi connectivity index (χ1) is 7.96. The van der Waals surface area contributed by atoms with Crippen molar-refractivity contribution in [1.82, 2.24) is 14.6 Å². The molecule has 17 heavy (non-hydrogen) atoms. The summed E-state index contributed by atoms with van der Waals surface area (Å²) >= 11 is 0. The van der Waals surface area contributed by atoms with E-state index in [1.54, 1.807) is 39.1 Å². The van der Waals surface area contributed by atoms with E-state index >= 15 is 0 Å². The van der Waals surface area contributed by atoms with E-state index < -0.39 is 11.7 Å². The van der Waals surface area contributed by atoms with Crippen LogP contribution in [-0.2, 0) is 4.74 Å². The maximum atomic E-state index is 11.6. The highest BCUT2D eigenvalue weighted by Gasteiger charge is 2.17. The van der Waals surface area contributed by atoms with Crippen molar-refractivity contribution in [2.45, 2.75) is 26.4 Å². The van der Waals surface area contributed by atoms with E-state index in [9.17, 15) is 4.79 Å². The van der Waals surface area contributed by atoms with Crippen molar-refractivity contribution in [3.8, 4) is 0 Å². The Morgan fingerprint density at radius 3 is 2.94 bits per heavy atom. The van der Waals surface area contributed by atoms with Gasteiger partial charge in [0.1, 0.15) is 5.60 Å². The second-order valence-corrected chi connectivity index (χ2v) is 4.56. The summed E-state index contributed by atoms with van der Waals surface area (Å²) in [6.45, 7) is 5.41. The molecule has 2 rings (SSSR count). The van der Waals surface area contributed by atoms with E-state index in [2.05, 4.69) is 15.4 Å². The van der Waals surface area contributed by atoms with Crippen molar-refractivity contribution in [3.05, 3.63) is 24.5 Å². The molecule has 6 nitrogen and oxygen atoms in total. The van der Waals surface area contributed by atoms with Crippen molar-refractivity contribution in [1.29, 1.82) is 0 Å². The highest BCUT2D eigenvalue weighted by atomic mass is 16.6. The van der Waals surface area contributed by atoms with Crippen molar-refractivity contribution >= 4 is 17.6 Å². The molecular formula is C11H14N4O2. The second kappa shape index (κ2) is 4.04. The number of amides is 1. The van der Waals surface area contributed by atoms with Gasteiger partial charge in [0.05, 0.1) is 6.20 Å². The molecule has 0 aliphatic carbocycles. The largest absolute Gasteiger partial charge is 0.444 e. The van der Waals surface area contributed by atoms with Gasteiger partial charge in [0.25, 0.3) is 0 Å². The first kappa shape index (κ1) is 11.4. The van der Waals surface area contributed by atoms with Crippen LogP contribution in [0.25, 0.3) is 5.65 Å². The minimum atomic E-state index is -0.530. The fourth-order valence-electron chi connectivity index (χ4n) is 1.32. The van der Waals surface area contributed by atoms with Crippen molar-refractivity contribution in [2.75, 3.05) is 5.32 Å². The summed E-state index contributed by atoms with van der Waals surface area (Å²) in [6.07, 6.45) is 2.63. The molecule has 2 aromatic heterocycles. The van der Waals surface area contributed by atoms with E-state index in [4.69, 9.17) is 4.74 Å². The zero-order chi connectivity index (χ0) is 12.5. The van der Waals surface area contributed by atoms with Crippen LogP contribution in [0.4, 0.5) is 10.6 Å². The fraction of sp³-hybridized carbons (Fsp3) is 0.364. The lowest BCUT2D eigenvalue weighted by Crippen LogP contribution is -2.27. The van der Waals surface area contributed by atoms with Gasteiger partial charge in [-0.3, -0.25) is 5.32 Å². The molecule has 0 bridgehead atoms. The number of nitrogens with zero attached hydrogens (tertiary/aromatic N) is 3. The summed E-state index contributed by atoms with van der Waals surface area (Å²) in [5.74, 6) is 0.481. The van der Waals surface area contributed by atoms with Crippen LogP contribution in [0.2, 0.25) is 0 Å². The lowest BCUT2D eigenvalue weighted by Gasteiger charge is -2.19. The van der Waals surface area contributed by atoms with Gasteiger partial charge in [-0.1, -0.05) is 0 Å². The Morgan fingerprint density at radius 2 is 2.24 bits per heavy atom. The number of carbonyl (C=O) groups excluding carboxylic acids is 1. The highest BCUT2D eigenvalue weighted by molar-refractivity contribution is 5.84. The molecule has 0 spiro atoms. The normalized spacial score (nSPS) is 11.5. The summed E-state index contributed by atoms with van der Waals surface area (Å²) in [5, 5.41) is 6.67. The maximum Gasteiger partial charge on any atom is 0.413 e. The third-order valence-electron chi connectivity index (χ3n) is 1.91. The van der Waals surface area contributed by atoms with Crippen LogP contribution in [0.5, 0.6) is 0 Å². The zero-order valence-corrected chi connectivity index (χ0v) is 9.97. The molecule has 0 aromatic carbocycles. The van der Waals surface area contributed by atoms with Gasteiger partial charge in [0.2, 0.25) is 0 Å². The fourth-order valence-corrected chi connectivity index (χ4v) is 1.32. The van der Waals surface area contributed by atoms with Gasteiger partial charge in [-0.25, -0.2) is 9.78 Å². The molecule has 0 unspecified atom stereocenters. The number of hydrogen-bond donors (Lipinski definition) is 1. The minimum absolute atomic E-state index is 0.481. The van der Waals surface area contributed by atoms with Gasteiger partial charge >= 0.3 is 6.09 Å². The van der Waals surface area contributed by atoms with E-state index in [0.717, 1.165) is 0 Å². The molecule has 6 heteroatoms. The van der Waals surface area contributed by atoms with Gasteiger partial charge in [-0.05, 0) is 32.9 Å². The number of rotatable bonds is 1. The molecule has 2 heterocycles. The Kier molecular flexibility index (Phi) is 2.71. The third-order valence-corrected chi connectivity index (χ3v) is 1.91. The van der Waals surface area contributed by atoms with Gasteiger partial charge in [0.15, 0.2) is 11.5 Å². The van der Waals surface area contributed by atoms with Crippen molar-refractivity contribution in [3.63, 3.8) is 0 Å². The monoisotopic (exact) mass is 234 g/mol. The quantitative estimate of drug-likeness (QED) is 0.820. The Balaban J connectivity index is 2.16.